The maximum absolute atomic E-state index is 5.40. The smallest absolute Gasteiger partial charge is 0.181 e. The molecule has 20 heavy (non-hydrogen) atoms. The van der Waals surface area contributed by atoms with Crippen LogP contribution in [0.4, 0.5) is 0 Å². The highest BCUT2D eigenvalue weighted by atomic mass is 15.2. The average molecular weight is 266 g/mol. The second-order valence-electron chi connectivity index (χ2n) is 5.19. The number of terminal acetylenes is 1. The molecule has 1 aromatic carbocycles. The van der Waals surface area contributed by atoms with Crippen LogP contribution in [-0.2, 0) is 0 Å². The zero-order valence-corrected chi connectivity index (χ0v) is 11.4. The number of likely N-dealkylation sites (tertiary alicyclic amines) is 1. The van der Waals surface area contributed by atoms with Gasteiger partial charge in [0.05, 0.1) is 6.54 Å². The van der Waals surface area contributed by atoms with Crippen molar-refractivity contribution in [3.63, 3.8) is 0 Å². The van der Waals surface area contributed by atoms with Gasteiger partial charge in [-0.3, -0.25) is 10.00 Å². The van der Waals surface area contributed by atoms with E-state index in [2.05, 4.69) is 26.0 Å². The second kappa shape index (κ2) is 5.89. The van der Waals surface area contributed by atoms with Gasteiger partial charge in [-0.2, -0.15) is 5.10 Å². The van der Waals surface area contributed by atoms with Crippen LogP contribution in [-0.4, -0.2) is 39.7 Å². The summed E-state index contributed by atoms with van der Waals surface area (Å²) in [5.74, 6) is 4.88. The summed E-state index contributed by atoms with van der Waals surface area (Å²) in [6, 6.07) is 10.0. The molecule has 1 fully saturated rings. The number of aromatic amines is 1. The average Bonchev–Trinajstić information content (AvgIpc) is 2.99. The fourth-order valence-corrected chi connectivity index (χ4v) is 2.72. The molecule has 4 nitrogen and oxygen atoms in total. The molecule has 3 rings (SSSR count). The van der Waals surface area contributed by atoms with Crippen LogP contribution in [0.3, 0.4) is 0 Å². The number of nitrogens with zero attached hydrogens (tertiary/aromatic N) is 3. The first-order chi connectivity index (χ1) is 9.86. The number of aromatic nitrogens is 3. The van der Waals surface area contributed by atoms with E-state index >= 15 is 0 Å². The Hall–Kier alpha value is -2.12. The zero-order valence-electron chi connectivity index (χ0n) is 11.4. The van der Waals surface area contributed by atoms with Crippen molar-refractivity contribution in [1.82, 2.24) is 20.1 Å². The van der Waals surface area contributed by atoms with E-state index in [-0.39, 0.29) is 0 Å². The van der Waals surface area contributed by atoms with Crippen LogP contribution in [0.15, 0.2) is 30.3 Å². The maximum Gasteiger partial charge on any atom is 0.181 e. The molecule has 1 atom stereocenters. The third kappa shape index (κ3) is 2.73. The van der Waals surface area contributed by atoms with E-state index < -0.39 is 0 Å². The van der Waals surface area contributed by atoms with E-state index in [0.717, 1.165) is 49.7 Å². The van der Waals surface area contributed by atoms with Crippen molar-refractivity contribution in [3.8, 4) is 23.7 Å². The van der Waals surface area contributed by atoms with Crippen LogP contribution in [0.1, 0.15) is 24.6 Å². The van der Waals surface area contributed by atoms with Gasteiger partial charge in [0.15, 0.2) is 5.82 Å². The fraction of sp³-hybridized carbons (Fsp3) is 0.375. The number of nitrogens with one attached hydrogen (secondary N) is 1. The third-order valence-corrected chi connectivity index (χ3v) is 3.74. The highest BCUT2D eigenvalue weighted by Gasteiger charge is 2.23. The standard InChI is InChI=1S/C16H18N4/c1-2-10-20-11-6-9-14(12-20)16-17-15(18-19-16)13-7-4-3-5-8-13/h1,3-5,7-8,14H,6,9-12H2,(H,17,18,19)/t14-/m1/s1. The van der Waals surface area contributed by atoms with Gasteiger partial charge in [-0.05, 0) is 19.4 Å². The van der Waals surface area contributed by atoms with Crippen molar-refractivity contribution in [3.05, 3.63) is 36.2 Å². The topological polar surface area (TPSA) is 44.8 Å². The molecule has 1 aromatic heterocycles. The molecule has 0 unspecified atom stereocenters. The lowest BCUT2D eigenvalue weighted by Crippen LogP contribution is -2.34. The van der Waals surface area contributed by atoms with Gasteiger partial charge in [0.25, 0.3) is 0 Å². The lowest BCUT2D eigenvalue weighted by atomic mass is 9.97. The predicted octanol–water partition coefficient (Wildman–Crippen LogP) is 2.28. The van der Waals surface area contributed by atoms with Crippen LogP contribution in [0.2, 0.25) is 0 Å². The highest BCUT2D eigenvalue weighted by Crippen LogP contribution is 2.25. The molecule has 4 heteroatoms. The van der Waals surface area contributed by atoms with Crippen molar-refractivity contribution in [1.29, 1.82) is 0 Å². The summed E-state index contributed by atoms with van der Waals surface area (Å²) in [5.41, 5.74) is 1.05. The molecular weight excluding hydrogens is 248 g/mol. The van der Waals surface area contributed by atoms with Crippen LogP contribution >= 0.6 is 0 Å². The van der Waals surface area contributed by atoms with Gasteiger partial charge < -0.3 is 0 Å². The monoisotopic (exact) mass is 266 g/mol. The van der Waals surface area contributed by atoms with E-state index in [1.54, 1.807) is 0 Å². The summed E-state index contributed by atoms with van der Waals surface area (Å²) in [4.78, 5) is 6.96. The molecule has 0 aliphatic carbocycles. The first-order valence-electron chi connectivity index (χ1n) is 7.00. The number of hydrogen-bond acceptors (Lipinski definition) is 3. The molecular formula is C16H18N4. The minimum atomic E-state index is 0.405. The zero-order chi connectivity index (χ0) is 13.8. The number of H-pyrrole nitrogens is 1. The molecule has 0 radical (unpaired) electrons. The number of rotatable bonds is 3. The SMILES string of the molecule is C#CCN1CCC[C@@H](c2nc(-c3ccccc3)n[nH]2)C1. The summed E-state index contributed by atoms with van der Waals surface area (Å²) >= 11 is 0. The predicted molar refractivity (Wildman–Crippen MR) is 79.1 cm³/mol. The highest BCUT2D eigenvalue weighted by molar-refractivity contribution is 5.53. The summed E-state index contributed by atoms with van der Waals surface area (Å²) in [7, 11) is 0. The Labute approximate surface area is 119 Å². The van der Waals surface area contributed by atoms with Crippen molar-refractivity contribution in [2.75, 3.05) is 19.6 Å². The van der Waals surface area contributed by atoms with E-state index in [4.69, 9.17) is 6.42 Å². The van der Waals surface area contributed by atoms with Crippen molar-refractivity contribution in [2.45, 2.75) is 18.8 Å². The second-order valence-corrected chi connectivity index (χ2v) is 5.19. The Balaban J connectivity index is 1.75. The van der Waals surface area contributed by atoms with Crippen molar-refractivity contribution < 1.29 is 0 Å². The molecule has 0 spiro atoms. The Morgan fingerprint density at radius 1 is 1.35 bits per heavy atom. The Bertz CT molecular complexity index is 596. The molecule has 1 aliphatic heterocycles. The largest absolute Gasteiger partial charge is 0.292 e. The minimum absolute atomic E-state index is 0.405. The maximum atomic E-state index is 5.40. The van der Waals surface area contributed by atoms with Crippen LogP contribution in [0.5, 0.6) is 0 Å². The summed E-state index contributed by atoms with van der Waals surface area (Å²) < 4.78 is 0. The molecule has 0 bridgehead atoms. The summed E-state index contributed by atoms with van der Waals surface area (Å²) in [5, 5.41) is 7.43. The molecule has 1 aliphatic rings. The molecule has 102 valence electrons. The van der Waals surface area contributed by atoms with Gasteiger partial charge in [-0.1, -0.05) is 36.3 Å². The Morgan fingerprint density at radius 2 is 2.20 bits per heavy atom. The normalized spacial score (nSPS) is 19.6. The summed E-state index contributed by atoms with van der Waals surface area (Å²) in [6.07, 6.45) is 7.70. The Kier molecular flexibility index (Phi) is 3.80. The van der Waals surface area contributed by atoms with Crippen molar-refractivity contribution >= 4 is 0 Å². The quantitative estimate of drug-likeness (QED) is 0.867. The van der Waals surface area contributed by atoms with Gasteiger partial charge in [0.1, 0.15) is 5.82 Å². The van der Waals surface area contributed by atoms with Crippen LogP contribution in [0, 0.1) is 12.3 Å². The van der Waals surface area contributed by atoms with Crippen LogP contribution < -0.4 is 0 Å². The molecule has 1 saturated heterocycles. The van der Waals surface area contributed by atoms with Gasteiger partial charge in [-0.15, -0.1) is 6.42 Å². The fourth-order valence-electron chi connectivity index (χ4n) is 2.72. The van der Waals surface area contributed by atoms with Gasteiger partial charge in [0.2, 0.25) is 0 Å². The van der Waals surface area contributed by atoms with Gasteiger partial charge in [0, 0.05) is 18.0 Å². The molecule has 0 amide bonds. The number of piperidine rings is 1. The number of hydrogen-bond donors (Lipinski definition) is 1. The molecule has 1 N–H and O–H groups in total. The van der Waals surface area contributed by atoms with Crippen LogP contribution in [0.25, 0.3) is 11.4 Å². The molecule has 2 heterocycles. The Morgan fingerprint density at radius 3 is 3.00 bits per heavy atom. The van der Waals surface area contributed by atoms with E-state index in [0.29, 0.717) is 5.92 Å². The van der Waals surface area contributed by atoms with Gasteiger partial charge in [-0.25, -0.2) is 4.98 Å². The first kappa shape index (κ1) is 12.9. The lowest BCUT2D eigenvalue weighted by molar-refractivity contribution is 0.227. The molecule has 0 saturated carbocycles. The van der Waals surface area contributed by atoms with E-state index in [1.165, 1.54) is 0 Å². The van der Waals surface area contributed by atoms with E-state index in [1.807, 2.05) is 30.3 Å². The minimum Gasteiger partial charge on any atom is -0.292 e. The van der Waals surface area contributed by atoms with E-state index in [9.17, 15) is 0 Å². The summed E-state index contributed by atoms with van der Waals surface area (Å²) in [6.45, 7) is 2.77. The lowest BCUT2D eigenvalue weighted by Gasteiger charge is -2.29. The first-order valence-corrected chi connectivity index (χ1v) is 7.00. The molecule has 2 aromatic rings. The third-order valence-electron chi connectivity index (χ3n) is 3.74. The van der Waals surface area contributed by atoms with Crippen molar-refractivity contribution in [2.24, 2.45) is 0 Å². The number of benzene rings is 1. The van der Waals surface area contributed by atoms with Gasteiger partial charge >= 0.3 is 0 Å².